The van der Waals surface area contributed by atoms with Crippen LogP contribution in [0.2, 0.25) is 0 Å². The molecule has 2 unspecified atom stereocenters. The number of rotatable bonds is 5. The topological polar surface area (TPSA) is 42.4 Å². The monoisotopic (exact) mass is 209 g/mol. The van der Waals surface area contributed by atoms with E-state index in [1.54, 1.807) is 13.3 Å². The predicted octanol–water partition coefficient (Wildman–Crippen LogP) is 2.10. The van der Waals surface area contributed by atoms with Crippen molar-refractivity contribution >= 4 is 0 Å². The fourth-order valence-corrected chi connectivity index (χ4v) is 1.58. The van der Waals surface area contributed by atoms with Crippen LogP contribution in [0.4, 0.5) is 0 Å². The van der Waals surface area contributed by atoms with Crippen molar-refractivity contribution in [3.05, 3.63) is 29.6 Å². The first-order chi connectivity index (χ1) is 7.16. The molecule has 1 aromatic heterocycles. The average molecular weight is 209 g/mol. The van der Waals surface area contributed by atoms with Crippen molar-refractivity contribution in [3.8, 4) is 0 Å². The van der Waals surface area contributed by atoms with Crippen LogP contribution >= 0.6 is 0 Å². The minimum atomic E-state index is -0.450. The summed E-state index contributed by atoms with van der Waals surface area (Å²) in [7, 11) is 1.68. The molecule has 0 saturated carbocycles. The fraction of sp³-hybridized carbons (Fsp3) is 0.583. The number of hydrogen-bond acceptors (Lipinski definition) is 3. The Labute approximate surface area is 91.1 Å². The molecule has 0 fully saturated rings. The van der Waals surface area contributed by atoms with E-state index in [0.29, 0.717) is 6.61 Å². The van der Waals surface area contributed by atoms with Gasteiger partial charge in [-0.2, -0.15) is 0 Å². The second-order valence-electron chi connectivity index (χ2n) is 3.88. The molecule has 84 valence electrons. The van der Waals surface area contributed by atoms with Crippen molar-refractivity contribution in [2.75, 3.05) is 13.7 Å². The Hall–Kier alpha value is -0.930. The molecule has 0 amide bonds. The average Bonchev–Trinajstić information content (AvgIpc) is 2.25. The zero-order chi connectivity index (χ0) is 11.3. The SMILES string of the molecule is COCCC(C)C(O)c1cccnc1C. The van der Waals surface area contributed by atoms with Gasteiger partial charge in [-0.15, -0.1) is 0 Å². The van der Waals surface area contributed by atoms with E-state index in [4.69, 9.17) is 4.74 Å². The lowest BCUT2D eigenvalue weighted by Gasteiger charge is -2.19. The first-order valence-electron chi connectivity index (χ1n) is 5.25. The van der Waals surface area contributed by atoms with Crippen molar-refractivity contribution in [1.82, 2.24) is 4.98 Å². The molecule has 0 radical (unpaired) electrons. The van der Waals surface area contributed by atoms with Gasteiger partial charge < -0.3 is 9.84 Å². The molecule has 1 rings (SSSR count). The van der Waals surface area contributed by atoms with Crippen LogP contribution in [0.5, 0.6) is 0 Å². The van der Waals surface area contributed by atoms with Gasteiger partial charge in [0.05, 0.1) is 6.10 Å². The van der Waals surface area contributed by atoms with E-state index in [9.17, 15) is 5.11 Å². The number of aliphatic hydroxyl groups excluding tert-OH is 1. The Morgan fingerprint density at radius 2 is 2.27 bits per heavy atom. The maximum Gasteiger partial charge on any atom is 0.0833 e. The number of aliphatic hydroxyl groups is 1. The van der Waals surface area contributed by atoms with Crippen molar-refractivity contribution in [2.24, 2.45) is 5.92 Å². The fourth-order valence-electron chi connectivity index (χ4n) is 1.58. The number of aryl methyl sites for hydroxylation is 1. The molecule has 0 aliphatic carbocycles. The molecule has 0 aliphatic heterocycles. The molecule has 0 aliphatic rings. The lowest BCUT2D eigenvalue weighted by Crippen LogP contribution is -2.13. The molecule has 0 saturated heterocycles. The van der Waals surface area contributed by atoms with Gasteiger partial charge in [0.15, 0.2) is 0 Å². The number of ether oxygens (including phenoxy) is 1. The summed E-state index contributed by atoms with van der Waals surface area (Å²) >= 11 is 0. The van der Waals surface area contributed by atoms with Gasteiger partial charge in [0.25, 0.3) is 0 Å². The molecule has 2 atom stereocenters. The van der Waals surface area contributed by atoms with E-state index in [2.05, 4.69) is 4.98 Å². The highest BCUT2D eigenvalue weighted by atomic mass is 16.5. The number of pyridine rings is 1. The van der Waals surface area contributed by atoms with E-state index in [0.717, 1.165) is 17.7 Å². The second kappa shape index (κ2) is 5.83. The highest BCUT2D eigenvalue weighted by Crippen LogP contribution is 2.25. The standard InChI is InChI=1S/C12H19NO2/c1-9(6-8-15-3)12(14)11-5-4-7-13-10(11)2/h4-5,7,9,12,14H,6,8H2,1-3H3. The molecule has 0 aromatic carbocycles. The smallest absolute Gasteiger partial charge is 0.0833 e. The van der Waals surface area contributed by atoms with Crippen molar-refractivity contribution < 1.29 is 9.84 Å². The molecular formula is C12H19NO2. The van der Waals surface area contributed by atoms with Crippen molar-refractivity contribution in [3.63, 3.8) is 0 Å². The van der Waals surface area contributed by atoms with E-state index in [-0.39, 0.29) is 5.92 Å². The summed E-state index contributed by atoms with van der Waals surface area (Å²) < 4.78 is 5.00. The van der Waals surface area contributed by atoms with Crippen LogP contribution in [-0.4, -0.2) is 23.8 Å². The Morgan fingerprint density at radius 1 is 1.53 bits per heavy atom. The highest BCUT2D eigenvalue weighted by Gasteiger charge is 2.17. The van der Waals surface area contributed by atoms with Gasteiger partial charge in [0.2, 0.25) is 0 Å². The van der Waals surface area contributed by atoms with Crippen molar-refractivity contribution in [1.29, 1.82) is 0 Å². The van der Waals surface area contributed by atoms with Gasteiger partial charge in [-0.05, 0) is 25.3 Å². The summed E-state index contributed by atoms with van der Waals surface area (Å²) in [4.78, 5) is 4.17. The summed E-state index contributed by atoms with van der Waals surface area (Å²) in [6.07, 6.45) is 2.14. The van der Waals surface area contributed by atoms with E-state index in [1.807, 2.05) is 26.0 Å². The van der Waals surface area contributed by atoms with Gasteiger partial charge in [-0.25, -0.2) is 0 Å². The third-order valence-corrected chi connectivity index (χ3v) is 2.68. The Balaban J connectivity index is 2.67. The minimum Gasteiger partial charge on any atom is -0.388 e. The van der Waals surface area contributed by atoms with Gasteiger partial charge in [-0.3, -0.25) is 4.98 Å². The molecule has 1 aromatic rings. The highest BCUT2D eigenvalue weighted by molar-refractivity contribution is 5.21. The predicted molar refractivity (Wildman–Crippen MR) is 59.6 cm³/mol. The Morgan fingerprint density at radius 3 is 2.87 bits per heavy atom. The zero-order valence-corrected chi connectivity index (χ0v) is 9.60. The maximum atomic E-state index is 10.1. The molecule has 15 heavy (non-hydrogen) atoms. The van der Waals surface area contributed by atoms with E-state index >= 15 is 0 Å². The first kappa shape index (κ1) is 12.1. The van der Waals surface area contributed by atoms with Crippen LogP contribution in [-0.2, 0) is 4.74 Å². The largest absolute Gasteiger partial charge is 0.388 e. The van der Waals surface area contributed by atoms with E-state index < -0.39 is 6.10 Å². The van der Waals surface area contributed by atoms with Crippen LogP contribution in [0, 0.1) is 12.8 Å². The van der Waals surface area contributed by atoms with Crippen LogP contribution in [0.3, 0.4) is 0 Å². The van der Waals surface area contributed by atoms with Crippen LogP contribution in [0.1, 0.15) is 30.7 Å². The van der Waals surface area contributed by atoms with E-state index in [1.165, 1.54) is 0 Å². The molecule has 1 heterocycles. The number of methoxy groups -OCH3 is 1. The van der Waals surface area contributed by atoms with Crippen LogP contribution < -0.4 is 0 Å². The Kier molecular flexibility index (Phi) is 4.72. The normalized spacial score (nSPS) is 14.9. The molecule has 1 N–H and O–H groups in total. The molecule has 3 nitrogen and oxygen atoms in total. The molecule has 0 spiro atoms. The van der Waals surface area contributed by atoms with Gasteiger partial charge in [-0.1, -0.05) is 13.0 Å². The van der Waals surface area contributed by atoms with Gasteiger partial charge in [0.1, 0.15) is 0 Å². The summed E-state index contributed by atoms with van der Waals surface area (Å²) in [6.45, 7) is 4.62. The molecule has 0 bridgehead atoms. The van der Waals surface area contributed by atoms with Gasteiger partial charge in [0, 0.05) is 31.2 Å². The number of hydrogen-bond donors (Lipinski definition) is 1. The molecular weight excluding hydrogens is 190 g/mol. The zero-order valence-electron chi connectivity index (χ0n) is 9.60. The maximum absolute atomic E-state index is 10.1. The van der Waals surface area contributed by atoms with Gasteiger partial charge >= 0.3 is 0 Å². The number of nitrogens with zero attached hydrogens (tertiary/aromatic N) is 1. The summed E-state index contributed by atoms with van der Waals surface area (Å²) in [5, 5.41) is 10.1. The van der Waals surface area contributed by atoms with Crippen LogP contribution in [0.15, 0.2) is 18.3 Å². The molecule has 3 heteroatoms. The minimum absolute atomic E-state index is 0.188. The summed E-state index contributed by atoms with van der Waals surface area (Å²) in [5.74, 6) is 0.188. The quantitative estimate of drug-likeness (QED) is 0.807. The van der Waals surface area contributed by atoms with Crippen molar-refractivity contribution in [2.45, 2.75) is 26.4 Å². The summed E-state index contributed by atoms with van der Waals surface area (Å²) in [5.41, 5.74) is 1.82. The van der Waals surface area contributed by atoms with Crippen LogP contribution in [0.25, 0.3) is 0 Å². The summed E-state index contributed by atoms with van der Waals surface area (Å²) in [6, 6.07) is 3.78. The third kappa shape index (κ3) is 3.29. The lowest BCUT2D eigenvalue weighted by atomic mass is 9.94. The number of aromatic nitrogens is 1. The third-order valence-electron chi connectivity index (χ3n) is 2.68. The second-order valence-corrected chi connectivity index (χ2v) is 3.88. The Bertz CT molecular complexity index is 301. The lowest BCUT2D eigenvalue weighted by molar-refractivity contribution is 0.0878. The first-order valence-corrected chi connectivity index (χ1v) is 5.25.